The molecule has 0 radical (unpaired) electrons. The summed E-state index contributed by atoms with van der Waals surface area (Å²) in [5, 5.41) is 0.661. The second kappa shape index (κ2) is 12.1. The summed E-state index contributed by atoms with van der Waals surface area (Å²) in [6.45, 7) is 0.461. The van der Waals surface area contributed by atoms with E-state index in [1.807, 2.05) is 97.2 Å². The van der Waals surface area contributed by atoms with Crippen molar-refractivity contribution in [3.8, 4) is 16.9 Å². The Balaban J connectivity index is 1.30. The fourth-order valence-electron chi connectivity index (χ4n) is 4.43. The Bertz CT molecular complexity index is 1620. The molecule has 5 rings (SSSR count). The molecule has 1 amide bonds. The third-order valence-electron chi connectivity index (χ3n) is 6.72. The fraction of sp³-hybridized carbons (Fsp3) is 0.156. The number of pyridine rings is 1. The van der Waals surface area contributed by atoms with Crippen LogP contribution in [0.2, 0.25) is 5.02 Å². The summed E-state index contributed by atoms with van der Waals surface area (Å²) in [4.78, 5) is 32.1. The zero-order valence-corrected chi connectivity index (χ0v) is 22.9. The van der Waals surface area contributed by atoms with E-state index in [0.29, 0.717) is 23.0 Å². The second-order valence-electron chi connectivity index (χ2n) is 9.39. The first kappa shape index (κ1) is 27.0. The van der Waals surface area contributed by atoms with Gasteiger partial charge in [-0.3, -0.25) is 4.79 Å². The molecule has 0 unspecified atom stereocenters. The van der Waals surface area contributed by atoms with Crippen LogP contribution < -0.4 is 4.74 Å². The molecule has 0 fully saturated rings. The summed E-state index contributed by atoms with van der Waals surface area (Å²) >= 11 is 6.01. The van der Waals surface area contributed by atoms with Gasteiger partial charge < -0.3 is 18.8 Å². The number of hydrogen-bond acceptors (Lipinski definition) is 5. The zero-order valence-electron chi connectivity index (χ0n) is 22.2. The summed E-state index contributed by atoms with van der Waals surface area (Å²) in [5.41, 5.74) is 4.72. The Kier molecular flexibility index (Phi) is 8.12. The van der Waals surface area contributed by atoms with Crippen molar-refractivity contribution < 1.29 is 19.1 Å². The molecule has 3 aromatic carbocycles. The lowest BCUT2D eigenvalue weighted by Gasteiger charge is -2.25. The van der Waals surface area contributed by atoms with E-state index in [-0.39, 0.29) is 18.0 Å². The van der Waals surface area contributed by atoms with Gasteiger partial charge in [0.15, 0.2) is 0 Å². The predicted molar refractivity (Wildman–Crippen MR) is 154 cm³/mol. The molecular formula is C32H28ClN3O4. The molecule has 0 saturated carbocycles. The normalized spacial score (nSPS) is 11.7. The van der Waals surface area contributed by atoms with Crippen molar-refractivity contribution in [1.29, 1.82) is 0 Å². The molecule has 2 aromatic heterocycles. The second-order valence-corrected chi connectivity index (χ2v) is 9.83. The first-order valence-corrected chi connectivity index (χ1v) is 13.1. The molecule has 0 aliphatic carbocycles. The highest BCUT2D eigenvalue weighted by Crippen LogP contribution is 2.23. The highest BCUT2D eigenvalue weighted by molar-refractivity contribution is 6.30. The predicted octanol–water partition coefficient (Wildman–Crippen LogP) is 6.09. The minimum absolute atomic E-state index is 0.231. The van der Waals surface area contributed by atoms with Crippen molar-refractivity contribution in [3.63, 3.8) is 0 Å². The molecule has 0 spiro atoms. The van der Waals surface area contributed by atoms with E-state index in [9.17, 15) is 9.59 Å². The third kappa shape index (κ3) is 6.16. The summed E-state index contributed by atoms with van der Waals surface area (Å²) in [7, 11) is 2.90. The minimum atomic E-state index is -0.831. The first-order chi connectivity index (χ1) is 19.4. The van der Waals surface area contributed by atoms with Crippen molar-refractivity contribution >= 4 is 29.1 Å². The van der Waals surface area contributed by atoms with Crippen LogP contribution in [0.4, 0.5) is 0 Å². The Labute approximate surface area is 237 Å². The molecule has 0 aliphatic rings. The number of halogens is 1. The van der Waals surface area contributed by atoms with Crippen LogP contribution in [0.1, 0.15) is 21.6 Å². The summed E-state index contributed by atoms with van der Waals surface area (Å²) in [6, 6.07) is 27.9. The number of carbonyl (C=O) groups excluding carboxylic acids is 2. The molecule has 7 nitrogen and oxygen atoms in total. The van der Waals surface area contributed by atoms with Gasteiger partial charge in [0.2, 0.25) is 0 Å². The molecule has 2 heterocycles. The van der Waals surface area contributed by atoms with Crippen LogP contribution in [0.15, 0.2) is 103 Å². The van der Waals surface area contributed by atoms with Crippen molar-refractivity contribution in [2.45, 2.75) is 19.1 Å². The van der Waals surface area contributed by atoms with Gasteiger partial charge in [-0.05, 0) is 58.7 Å². The third-order valence-corrected chi connectivity index (χ3v) is 6.97. The zero-order chi connectivity index (χ0) is 28.1. The number of amides is 1. The molecule has 8 heteroatoms. The average molecular weight is 554 g/mol. The highest BCUT2D eigenvalue weighted by Gasteiger charge is 2.30. The number of benzene rings is 3. The highest BCUT2D eigenvalue weighted by atomic mass is 35.5. The lowest BCUT2D eigenvalue weighted by atomic mass is 10.0. The molecule has 1 atom stereocenters. The number of aromatic nitrogens is 2. The number of nitrogens with zero attached hydrogens (tertiary/aromatic N) is 3. The van der Waals surface area contributed by atoms with Gasteiger partial charge in [0.05, 0.1) is 7.11 Å². The van der Waals surface area contributed by atoms with Crippen LogP contribution in [0.3, 0.4) is 0 Å². The molecule has 0 bridgehead atoms. The first-order valence-electron chi connectivity index (χ1n) is 12.8. The summed E-state index contributed by atoms with van der Waals surface area (Å²) < 4.78 is 12.7. The maximum absolute atomic E-state index is 13.4. The van der Waals surface area contributed by atoms with Crippen LogP contribution in [-0.4, -0.2) is 46.4 Å². The Morgan fingerprint density at radius 2 is 1.65 bits per heavy atom. The van der Waals surface area contributed by atoms with Crippen LogP contribution in [0, 0.1) is 0 Å². The topological polar surface area (TPSA) is 73.1 Å². The van der Waals surface area contributed by atoms with Gasteiger partial charge in [0, 0.05) is 30.9 Å². The van der Waals surface area contributed by atoms with Crippen molar-refractivity contribution in [2.24, 2.45) is 0 Å². The largest absolute Gasteiger partial charge is 0.489 e. The number of carbonyl (C=O) groups is 2. The SMILES string of the molecule is COC(=O)[C@H](Cc1ccc(OCc2ccccc2)cc1)N(C)C(=O)c1cn2ccc(-c3ccc(Cl)cc3)cc2n1. The quantitative estimate of drug-likeness (QED) is 0.207. The van der Waals surface area contributed by atoms with Crippen molar-refractivity contribution in [3.05, 3.63) is 125 Å². The Morgan fingerprint density at radius 1 is 0.925 bits per heavy atom. The van der Waals surface area contributed by atoms with Crippen LogP contribution >= 0.6 is 11.6 Å². The number of methoxy groups -OCH3 is 1. The van der Waals surface area contributed by atoms with Crippen LogP contribution in [0.25, 0.3) is 16.8 Å². The molecule has 202 valence electrons. The lowest BCUT2D eigenvalue weighted by Crippen LogP contribution is -2.44. The number of likely N-dealkylation sites (N-methyl/N-ethyl adjacent to an activating group) is 1. The maximum atomic E-state index is 13.4. The van der Waals surface area contributed by atoms with Gasteiger partial charge in [-0.1, -0.05) is 66.2 Å². The van der Waals surface area contributed by atoms with Crippen molar-refractivity contribution in [2.75, 3.05) is 14.2 Å². The van der Waals surface area contributed by atoms with E-state index < -0.39 is 12.0 Å². The van der Waals surface area contributed by atoms with Gasteiger partial charge >= 0.3 is 5.97 Å². The van der Waals surface area contributed by atoms with Gasteiger partial charge in [0.25, 0.3) is 5.91 Å². The van der Waals surface area contributed by atoms with Gasteiger partial charge in [-0.25, -0.2) is 9.78 Å². The van der Waals surface area contributed by atoms with E-state index in [0.717, 1.165) is 22.3 Å². The number of ether oxygens (including phenoxy) is 2. The number of imidazole rings is 1. The van der Waals surface area contributed by atoms with Gasteiger partial charge in [-0.2, -0.15) is 0 Å². The summed E-state index contributed by atoms with van der Waals surface area (Å²) in [5.74, 6) is -0.168. The summed E-state index contributed by atoms with van der Waals surface area (Å²) in [6.07, 6.45) is 3.79. The Morgan fingerprint density at radius 3 is 2.35 bits per heavy atom. The minimum Gasteiger partial charge on any atom is -0.489 e. The molecule has 40 heavy (non-hydrogen) atoms. The van der Waals surface area contributed by atoms with E-state index in [2.05, 4.69) is 4.98 Å². The van der Waals surface area contributed by atoms with E-state index in [1.165, 1.54) is 12.0 Å². The Hall–Kier alpha value is -4.62. The fourth-order valence-corrected chi connectivity index (χ4v) is 4.56. The van der Waals surface area contributed by atoms with E-state index in [4.69, 9.17) is 21.1 Å². The smallest absolute Gasteiger partial charge is 0.328 e. The maximum Gasteiger partial charge on any atom is 0.328 e. The molecule has 0 N–H and O–H groups in total. The van der Waals surface area contributed by atoms with Gasteiger partial charge in [-0.15, -0.1) is 0 Å². The standard InChI is InChI=1S/C32H28ClN3O4/c1-35(31(37)28-20-36-17-16-25(19-30(36)34-28)24-10-12-26(33)13-11-24)29(32(38)39-2)18-22-8-14-27(15-9-22)40-21-23-6-4-3-5-7-23/h3-17,19-20,29H,18,21H2,1-2H3/t29-/m0/s1. The van der Waals surface area contributed by atoms with Gasteiger partial charge in [0.1, 0.15) is 29.7 Å². The monoisotopic (exact) mass is 553 g/mol. The van der Waals surface area contributed by atoms with Crippen LogP contribution in [0.5, 0.6) is 5.75 Å². The molecule has 5 aromatic rings. The van der Waals surface area contributed by atoms with E-state index >= 15 is 0 Å². The number of hydrogen-bond donors (Lipinski definition) is 0. The number of esters is 1. The molecular weight excluding hydrogens is 526 g/mol. The van der Waals surface area contributed by atoms with Crippen molar-refractivity contribution in [1.82, 2.24) is 14.3 Å². The van der Waals surface area contributed by atoms with Crippen LogP contribution in [-0.2, 0) is 22.6 Å². The average Bonchev–Trinajstić information content (AvgIpc) is 3.43. The molecule has 0 aliphatic heterocycles. The lowest BCUT2D eigenvalue weighted by molar-refractivity contribution is -0.145. The molecule has 0 saturated heterocycles. The number of fused-ring (bicyclic) bond motifs is 1. The van der Waals surface area contributed by atoms with E-state index in [1.54, 1.807) is 17.6 Å². The number of rotatable bonds is 9.